The van der Waals surface area contributed by atoms with Crippen LogP contribution in [0.4, 0.5) is 4.79 Å². The molecule has 1 aromatic heterocycles. The lowest BCUT2D eigenvalue weighted by Gasteiger charge is -2.22. The Morgan fingerprint density at radius 3 is 2.85 bits per heavy atom. The molecule has 2 unspecified atom stereocenters. The quantitative estimate of drug-likeness (QED) is 0.880. The van der Waals surface area contributed by atoms with Gasteiger partial charge in [-0.1, -0.05) is 6.07 Å². The monoisotopic (exact) mass is 277 g/mol. The van der Waals surface area contributed by atoms with Crippen LogP contribution in [0.2, 0.25) is 0 Å². The highest BCUT2D eigenvalue weighted by atomic mass is 16.4. The first-order chi connectivity index (χ1) is 9.42. The van der Waals surface area contributed by atoms with Gasteiger partial charge in [-0.15, -0.1) is 0 Å². The standard InChI is InChI=1S/C14H19N3O3/c1-10(11-4-3-6-15-8-11)16-13(20)17-7-5-14(2,9-17)12(18)19/h3-4,6,8,10H,5,7,9H2,1-2H3,(H,16,20)(H,18,19). The first kappa shape index (κ1) is 14.3. The molecule has 2 atom stereocenters. The van der Waals surface area contributed by atoms with Crippen LogP contribution in [0.15, 0.2) is 24.5 Å². The van der Waals surface area contributed by atoms with Crippen LogP contribution >= 0.6 is 0 Å². The lowest BCUT2D eigenvalue weighted by molar-refractivity contribution is -0.146. The molecule has 2 N–H and O–H groups in total. The number of pyridine rings is 1. The maximum atomic E-state index is 12.1. The summed E-state index contributed by atoms with van der Waals surface area (Å²) in [7, 11) is 0. The number of carboxylic acid groups (broad SMARTS) is 1. The molecule has 0 radical (unpaired) electrons. The Balaban J connectivity index is 1.95. The van der Waals surface area contributed by atoms with Crippen molar-refractivity contribution in [2.75, 3.05) is 13.1 Å². The average molecular weight is 277 g/mol. The third-order valence-corrected chi connectivity index (χ3v) is 3.80. The molecule has 2 amide bonds. The predicted molar refractivity (Wildman–Crippen MR) is 73.1 cm³/mol. The molecule has 6 nitrogen and oxygen atoms in total. The van der Waals surface area contributed by atoms with Gasteiger partial charge in [-0.05, 0) is 31.9 Å². The topological polar surface area (TPSA) is 82.5 Å². The molecule has 0 bridgehead atoms. The fourth-order valence-corrected chi connectivity index (χ4v) is 2.30. The van der Waals surface area contributed by atoms with Gasteiger partial charge in [0, 0.05) is 25.5 Å². The minimum atomic E-state index is -0.854. The Kier molecular flexibility index (Phi) is 3.92. The summed E-state index contributed by atoms with van der Waals surface area (Å²) in [5.74, 6) is -0.854. The Morgan fingerprint density at radius 1 is 1.55 bits per heavy atom. The number of nitrogens with zero attached hydrogens (tertiary/aromatic N) is 2. The molecule has 1 aliphatic heterocycles. The van der Waals surface area contributed by atoms with E-state index in [2.05, 4.69) is 10.3 Å². The predicted octanol–water partition coefficient (Wildman–Crippen LogP) is 1.65. The fourth-order valence-electron chi connectivity index (χ4n) is 2.30. The normalized spacial score (nSPS) is 23.4. The number of carboxylic acids is 1. The third kappa shape index (κ3) is 2.89. The van der Waals surface area contributed by atoms with Crippen molar-refractivity contribution < 1.29 is 14.7 Å². The summed E-state index contributed by atoms with van der Waals surface area (Å²) in [5, 5.41) is 12.0. The Bertz CT molecular complexity index is 506. The van der Waals surface area contributed by atoms with Crippen LogP contribution in [0.5, 0.6) is 0 Å². The van der Waals surface area contributed by atoms with Crippen LogP contribution in [0, 0.1) is 5.41 Å². The maximum absolute atomic E-state index is 12.1. The summed E-state index contributed by atoms with van der Waals surface area (Å²) in [6.07, 6.45) is 3.87. The number of aliphatic carboxylic acids is 1. The molecule has 20 heavy (non-hydrogen) atoms. The first-order valence-electron chi connectivity index (χ1n) is 6.61. The van der Waals surface area contributed by atoms with Crippen molar-refractivity contribution in [2.24, 2.45) is 5.41 Å². The highest BCUT2D eigenvalue weighted by Gasteiger charge is 2.42. The van der Waals surface area contributed by atoms with Gasteiger partial charge in [0.25, 0.3) is 0 Å². The zero-order valence-corrected chi connectivity index (χ0v) is 11.7. The Morgan fingerprint density at radius 2 is 2.30 bits per heavy atom. The maximum Gasteiger partial charge on any atom is 0.317 e. The molecule has 1 aliphatic rings. The van der Waals surface area contributed by atoms with E-state index in [-0.39, 0.29) is 18.6 Å². The van der Waals surface area contributed by atoms with Gasteiger partial charge < -0.3 is 15.3 Å². The number of amides is 2. The molecule has 0 aromatic carbocycles. The molecular weight excluding hydrogens is 258 g/mol. The van der Waals surface area contributed by atoms with Gasteiger partial charge in [-0.2, -0.15) is 0 Å². The van der Waals surface area contributed by atoms with Crippen molar-refractivity contribution >= 4 is 12.0 Å². The summed E-state index contributed by atoms with van der Waals surface area (Å²) in [5.41, 5.74) is 0.0792. The van der Waals surface area contributed by atoms with Gasteiger partial charge in [0.05, 0.1) is 11.5 Å². The minimum absolute atomic E-state index is 0.159. The average Bonchev–Trinajstić information content (AvgIpc) is 2.84. The van der Waals surface area contributed by atoms with Crippen molar-refractivity contribution in [3.63, 3.8) is 0 Å². The highest BCUT2D eigenvalue weighted by Crippen LogP contribution is 2.30. The molecule has 2 heterocycles. The molecule has 6 heteroatoms. The third-order valence-electron chi connectivity index (χ3n) is 3.80. The molecular formula is C14H19N3O3. The fraction of sp³-hybridized carbons (Fsp3) is 0.500. The molecule has 0 spiro atoms. The van der Waals surface area contributed by atoms with Gasteiger partial charge >= 0.3 is 12.0 Å². The van der Waals surface area contributed by atoms with E-state index in [9.17, 15) is 9.59 Å². The SMILES string of the molecule is CC(NC(=O)N1CCC(C)(C(=O)O)C1)c1cccnc1. The van der Waals surface area contributed by atoms with Gasteiger partial charge in [0.1, 0.15) is 0 Å². The molecule has 1 saturated heterocycles. The van der Waals surface area contributed by atoms with Crippen molar-refractivity contribution in [2.45, 2.75) is 26.3 Å². The van der Waals surface area contributed by atoms with Crippen molar-refractivity contribution in [1.29, 1.82) is 0 Å². The number of aromatic nitrogens is 1. The van der Waals surface area contributed by atoms with E-state index in [1.165, 1.54) is 0 Å². The van der Waals surface area contributed by atoms with Crippen LogP contribution in [-0.2, 0) is 4.79 Å². The van der Waals surface area contributed by atoms with Gasteiger partial charge in [0.2, 0.25) is 0 Å². The van der Waals surface area contributed by atoms with Crippen molar-refractivity contribution in [3.8, 4) is 0 Å². The van der Waals surface area contributed by atoms with Gasteiger partial charge in [-0.25, -0.2) is 4.79 Å². The number of rotatable bonds is 3. The number of likely N-dealkylation sites (tertiary alicyclic amines) is 1. The van der Waals surface area contributed by atoms with E-state index >= 15 is 0 Å². The van der Waals surface area contributed by atoms with Crippen LogP contribution in [-0.4, -0.2) is 40.1 Å². The second-order valence-corrected chi connectivity index (χ2v) is 5.49. The van der Waals surface area contributed by atoms with E-state index in [1.807, 2.05) is 19.1 Å². The summed E-state index contributed by atoms with van der Waals surface area (Å²) < 4.78 is 0. The lowest BCUT2D eigenvalue weighted by Crippen LogP contribution is -2.41. The van der Waals surface area contributed by atoms with E-state index in [4.69, 9.17) is 5.11 Å². The van der Waals surface area contributed by atoms with Crippen LogP contribution in [0.3, 0.4) is 0 Å². The van der Waals surface area contributed by atoms with Gasteiger partial charge in [-0.3, -0.25) is 9.78 Å². The van der Waals surface area contributed by atoms with Crippen LogP contribution in [0.1, 0.15) is 31.9 Å². The number of carbonyl (C=O) groups excluding carboxylic acids is 1. The molecule has 0 aliphatic carbocycles. The molecule has 1 aromatic rings. The molecule has 1 fully saturated rings. The summed E-state index contributed by atoms with van der Waals surface area (Å²) in [6, 6.07) is 3.32. The van der Waals surface area contributed by atoms with Gasteiger partial charge in [0.15, 0.2) is 0 Å². The minimum Gasteiger partial charge on any atom is -0.481 e. The number of hydrogen-bond acceptors (Lipinski definition) is 3. The van der Waals surface area contributed by atoms with Crippen LogP contribution < -0.4 is 5.32 Å². The van der Waals surface area contributed by atoms with Crippen molar-refractivity contribution in [3.05, 3.63) is 30.1 Å². The summed E-state index contributed by atoms with van der Waals surface area (Å²) in [4.78, 5) is 28.9. The molecule has 0 saturated carbocycles. The largest absolute Gasteiger partial charge is 0.481 e. The summed E-state index contributed by atoms with van der Waals surface area (Å²) in [6.45, 7) is 4.26. The van der Waals surface area contributed by atoms with Crippen LogP contribution in [0.25, 0.3) is 0 Å². The van der Waals surface area contributed by atoms with E-state index in [1.54, 1.807) is 24.2 Å². The number of nitrogens with one attached hydrogen (secondary N) is 1. The zero-order valence-electron chi connectivity index (χ0n) is 11.7. The number of carbonyl (C=O) groups is 2. The van der Waals surface area contributed by atoms with E-state index in [0.29, 0.717) is 13.0 Å². The summed E-state index contributed by atoms with van der Waals surface area (Å²) >= 11 is 0. The lowest BCUT2D eigenvalue weighted by atomic mass is 9.90. The number of hydrogen-bond donors (Lipinski definition) is 2. The smallest absolute Gasteiger partial charge is 0.317 e. The second kappa shape index (κ2) is 5.48. The molecule has 2 rings (SSSR count). The Hall–Kier alpha value is -2.11. The highest BCUT2D eigenvalue weighted by molar-refractivity contribution is 5.79. The second-order valence-electron chi connectivity index (χ2n) is 5.49. The Labute approximate surface area is 117 Å². The zero-order chi connectivity index (χ0) is 14.8. The number of urea groups is 1. The van der Waals surface area contributed by atoms with Crippen molar-refractivity contribution in [1.82, 2.24) is 15.2 Å². The van der Waals surface area contributed by atoms with E-state index < -0.39 is 11.4 Å². The van der Waals surface area contributed by atoms with E-state index in [0.717, 1.165) is 5.56 Å². The first-order valence-corrected chi connectivity index (χ1v) is 6.61. The molecule has 108 valence electrons.